The van der Waals surface area contributed by atoms with Crippen molar-refractivity contribution in [2.45, 2.75) is 38.8 Å². The number of nitrogens with zero attached hydrogens (tertiary/aromatic N) is 2. The zero-order chi connectivity index (χ0) is 12.0. The first-order valence-electron chi connectivity index (χ1n) is 5.64. The molecule has 1 unspecified atom stereocenters. The second-order valence-electron chi connectivity index (χ2n) is 3.92. The predicted molar refractivity (Wildman–Crippen MR) is 62.6 cm³/mol. The Hall–Kier alpha value is -1.36. The highest BCUT2D eigenvalue weighted by atomic mass is 16.2. The molecule has 5 heteroatoms. The van der Waals surface area contributed by atoms with Crippen LogP contribution in [0.15, 0.2) is 12.4 Å². The van der Waals surface area contributed by atoms with Crippen LogP contribution in [0.3, 0.4) is 0 Å². The van der Waals surface area contributed by atoms with Gasteiger partial charge in [0.2, 0.25) is 5.91 Å². The van der Waals surface area contributed by atoms with Crippen LogP contribution in [-0.4, -0.2) is 21.5 Å². The number of carbonyl (C=O) groups excluding carboxylic acids is 1. The Morgan fingerprint density at radius 1 is 1.69 bits per heavy atom. The molecule has 3 N–H and O–H groups in total. The van der Waals surface area contributed by atoms with Crippen LogP contribution in [0.2, 0.25) is 0 Å². The van der Waals surface area contributed by atoms with Crippen molar-refractivity contribution in [1.29, 1.82) is 0 Å². The van der Waals surface area contributed by atoms with Crippen LogP contribution in [0.5, 0.6) is 0 Å². The van der Waals surface area contributed by atoms with Crippen molar-refractivity contribution >= 4 is 5.91 Å². The fourth-order valence-electron chi connectivity index (χ4n) is 1.42. The van der Waals surface area contributed by atoms with Crippen molar-refractivity contribution in [3.63, 3.8) is 0 Å². The number of imidazole rings is 1. The molecule has 1 rings (SSSR count). The van der Waals surface area contributed by atoms with Gasteiger partial charge < -0.3 is 15.6 Å². The maximum absolute atomic E-state index is 11.6. The molecule has 1 aromatic rings. The molecule has 0 aliphatic rings. The number of carbonyl (C=O) groups is 1. The Kier molecular flexibility index (Phi) is 4.98. The molecule has 1 aromatic heterocycles. The fourth-order valence-corrected chi connectivity index (χ4v) is 1.42. The van der Waals surface area contributed by atoms with Crippen LogP contribution < -0.4 is 11.1 Å². The number of rotatable bonds is 6. The molecule has 0 spiro atoms. The largest absolute Gasteiger partial charge is 0.348 e. The highest BCUT2D eigenvalue weighted by Gasteiger charge is 2.12. The van der Waals surface area contributed by atoms with E-state index in [0.717, 1.165) is 25.1 Å². The van der Waals surface area contributed by atoms with Crippen LogP contribution in [0.4, 0.5) is 0 Å². The lowest BCUT2D eigenvalue weighted by Gasteiger charge is -2.11. The van der Waals surface area contributed by atoms with E-state index in [2.05, 4.69) is 17.2 Å². The normalized spacial score (nSPS) is 12.4. The van der Waals surface area contributed by atoms with Gasteiger partial charge >= 0.3 is 0 Å². The maximum atomic E-state index is 11.6. The molecule has 0 saturated heterocycles. The van der Waals surface area contributed by atoms with Gasteiger partial charge in [0.05, 0.1) is 12.6 Å². The maximum Gasteiger partial charge on any atom is 0.237 e. The minimum atomic E-state index is -0.403. The highest BCUT2D eigenvalue weighted by Crippen LogP contribution is 1.99. The van der Waals surface area contributed by atoms with Crippen LogP contribution in [-0.2, 0) is 18.4 Å². The van der Waals surface area contributed by atoms with Crippen molar-refractivity contribution in [2.75, 3.05) is 0 Å². The van der Waals surface area contributed by atoms with Gasteiger partial charge in [0.25, 0.3) is 0 Å². The van der Waals surface area contributed by atoms with Gasteiger partial charge in [-0.1, -0.05) is 19.8 Å². The lowest BCUT2D eigenvalue weighted by Crippen LogP contribution is -2.40. The van der Waals surface area contributed by atoms with Crippen LogP contribution in [0.25, 0.3) is 0 Å². The topological polar surface area (TPSA) is 72.9 Å². The van der Waals surface area contributed by atoms with Gasteiger partial charge in [-0.05, 0) is 6.42 Å². The van der Waals surface area contributed by atoms with Gasteiger partial charge in [-0.3, -0.25) is 4.79 Å². The average molecular weight is 224 g/mol. The SMILES string of the molecule is CCCCC(N)C(=O)NCc1nccn1C. The molecule has 0 radical (unpaired) electrons. The Bertz CT molecular complexity index is 334. The van der Waals surface area contributed by atoms with E-state index < -0.39 is 6.04 Å². The van der Waals surface area contributed by atoms with Gasteiger partial charge in [0, 0.05) is 19.4 Å². The number of aromatic nitrogens is 2. The number of amides is 1. The minimum absolute atomic E-state index is 0.101. The lowest BCUT2D eigenvalue weighted by molar-refractivity contribution is -0.122. The minimum Gasteiger partial charge on any atom is -0.348 e. The first kappa shape index (κ1) is 12.7. The second kappa shape index (κ2) is 6.27. The van der Waals surface area contributed by atoms with Crippen molar-refractivity contribution in [3.8, 4) is 0 Å². The Morgan fingerprint density at radius 2 is 2.44 bits per heavy atom. The third kappa shape index (κ3) is 3.66. The quantitative estimate of drug-likeness (QED) is 0.741. The smallest absolute Gasteiger partial charge is 0.237 e. The third-order valence-corrected chi connectivity index (χ3v) is 2.55. The molecule has 0 bridgehead atoms. The first-order chi connectivity index (χ1) is 7.65. The second-order valence-corrected chi connectivity index (χ2v) is 3.92. The van der Waals surface area contributed by atoms with E-state index in [4.69, 9.17) is 5.73 Å². The highest BCUT2D eigenvalue weighted by molar-refractivity contribution is 5.81. The summed E-state index contributed by atoms with van der Waals surface area (Å²) in [5.41, 5.74) is 5.74. The number of hydrogen-bond donors (Lipinski definition) is 2. The zero-order valence-corrected chi connectivity index (χ0v) is 9.94. The number of nitrogens with two attached hydrogens (primary N) is 1. The monoisotopic (exact) mass is 224 g/mol. The van der Waals surface area contributed by atoms with Crippen LogP contribution in [0, 0.1) is 0 Å². The van der Waals surface area contributed by atoms with Crippen molar-refractivity contribution in [2.24, 2.45) is 12.8 Å². The third-order valence-electron chi connectivity index (χ3n) is 2.55. The van der Waals surface area contributed by atoms with Gasteiger partial charge in [0.1, 0.15) is 5.82 Å². The van der Waals surface area contributed by atoms with Crippen molar-refractivity contribution < 1.29 is 4.79 Å². The molecular weight excluding hydrogens is 204 g/mol. The standard InChI is InChI=1S/C11H20N4O/c1-3-4-5-9(12)11(16)14-8-10-13-6-7-15(10)2/h6-7,9H,3-5,8,12H2,1-2H3,(H,14,16). The molecule has 0 aliphatic carbocycles. The van der Waals surface area contributed by atoms with Crippen molar-refractivity contribution in [1.82, 2.24) is 14.9 Å². The van der Waals surface area contributed by atoms with E-state index >= 15 is 0 Å². The molecular formula is C11H20N4O. The summed E-state index contributed by atoms with van der Waals surface area (Å²) in [5, 5.41) is 2.79. The summed E-state index contributed by atoms with van der Waals surface area (Å²) in [4.78, 5) is 15.7. The molecule has 0 aliphatic heterocycles. The van der Waals surface area contributed by atoms with Gasteiger partial charge in [-0.15, -0.1) is 0 Å². The summed E-state index contributed by atoms with van der Waals surface area (Å²) in [6, 6.07) is -0.403. The summed E-state index contributed by atoms with van der Waals surface area (Å²) in [6.07, 6.45) is 6.33. The van der Waals surface area contributed by atoms with E-state index in [1.807, 2.05) is 17.8 Å². The van der Waals surface area contributed by atoms with E-state index in [0.29, 0.717) is 6.54 Å². The van der Waals surface area contributed by atoms with Crippen LogP contribution >= 0.6 is 0 Å². The number of hydrogen-bond acceptors (Lipinski definition) is 3. The van der Waals surface area contributed by atoms with Gasteiger partial charge in [-0.2, -0.15) is 0 Å². The molecule has 0 saturated carbocycles. The Morgan fingerprint density at radius 3 is 3.00 bits per heavy atom. The molecule has 16 heavy (non-hydrogen) atoms. The fraction of sp³-hybridized carbons (Fsp3) is 0.636. The number of aryl methyl sites for hydroxylation is 1. The number of unbranched alkanes of at least 4 members (excludes halogenated alkanes) is 1. The Labute approximate surface area is 96.0 Å². The summed E-state index contributed by atoms with van der Waals surface area (Å²) >= 11 is 0. The van der Waals surface area contributed by atoms with E-state index in [1.165, 1.54) is 0 Å². The summed E-state index contributed by atoms with van der Waals surface area (Å²) < 4.78 is 1.87. The molecule has 0 fully saturated rings. The predicted octanol–water partition coefficient (Wildman–Crippen LogP) is 0.554. The molecule has 90 valence electrons. The van der Waals surface area contributed by atoms with E-state index in [-0.39, 0.29) is 5.91 Å². The zero-order valence-electron chi connectivity index (χ0n) is 9.94. The molecule has 1 heterocycles. The molecule has 5 nitrogen and oxygen atoms in total. The van der Waals surface area contributed by atoms with Gasteiger partial charge in [-0.25, -0.2) is 4.98 Å². The Balaban J connectivity index is 2.32. The van der Waals surface area contributed by atoms with Crippen LogP contribution in [0.1, 0.15) is 32.0 Å². The average Bonchev–Trinajstić information content (AvgIpc) is 2.68. The summed E-state index contributed by atoms with van der Waals surface area (Å²) in [6.45, 7) is 2.51. The number of nitrogens with one attached hydrogen (secondary N) is 1. The van der Waals surface area contributed by atoms with Crippen molar-refractivity contribution in [3.05, 3.63) is 18.2 Å². The summed E-state index contributed by atoms with van der Waals surface area (Å²) in [5.74, 6) is 0.729. The molecule has 1 amide bonds. The molecule has 1 atom stereocenters. The van der Waals surface area contributed by atoms with E-state index in [9.17, 15) is 4.79 Å². The lowest BCUT2D eigenvalue weighted by atomic mass is 10.1. The molecule has 0 aromatic carbocycles. The van der Waals surface area contributed by atoms with E-state index in [1.54, 1.807) is 6.20 Å². The van der Waals surface area contributed by atoms with Gasteiger partial charge in [0.15, 0.2) is 0 Å². The summed E-state index contributed by atoms with van der Waals surface area (Å²) in [7, 11) is 1.89. The first-order valence-corrected chi connectivity index (χ1v) is 5.64.